The van der Waals surface area contributed by atoms with E-state index in [9.17, 15) is 0 Å². The minimum atomic E-state index is 0.0389. The van der Waals surface area contributed by atoms with Gasteiger partial charge in [0.25, 0.3) is 0 Å². The number of rotatable bonds is 7. The summed E-state index contributed by atoms with van der Waals surface area (Å²) in [5.74, 6) is 3.02. The van der Waals surface area contributed by atoms with Crippen molar-refractivity contribution in [2.75, 3.05) is 11.4 Å². The summed E-state index contributed by atoms with van der Waals surface area (Å²) in [7, 11) is 0. The Hall–Kier alpha value is -5.77. The molecular formula is C50H44N4OPt. The average molecular weight is 912 g/mol. The molecule has 1 aliphatic rings. The maximum absolute atomic E-state index is 6.73. The third-order valence-corrected chi connectivity index (χ3v) is 12.0. The quantitative estimate of drug-likeness (QED) is 0.160. The molecule has 0 spiro atoms. The number of fused-ring (bicyclic) bond motifs is 2. The van der Waals surface area contributed by atoms with Gasteiger partial charge < -0.3 is 0 Å². The van der Waals surface area contributed by atoms with Gasteiger partial charge in [-0.05, 0) is 17.0 Å². The summed E-state index contributed by atoms with van der Waals surface area (Å²) in [4.78, 5) is 7.20. The Bertz CT molecular complexity index is 2700. The zero-order valence-corrected chi connectivity index (χ0v) is 34.4. The van der Waals surface area contributed by atoms with Gasteiger partial charge in [-0.15, -0.1) is 0 Å². The van der Waals surface area contributed by atoms with Crippen LogP contribution < -0.4 is 9.64 Å². The van der Waals surface area contributed by atoms with Gasteiger partial charge in [0, 0.05) is 6.20 Å². The van der Waals surface area contributed by atoms with Gasteiger partial charge >= 0.3 is 298 Å². The van der Waals surface area contributed by atoms with Crippen LogP contribution in [0.1, 0.15) is 51.2 Å². The van der Waals surface area contributed by atoms with Crippen LogP contribution >= 0.6 is 0 Å². The van der Waals surface area contributed by atoms with E-state index in [2.05, 4.69) is 213 Å². The molecule has 3 heterocycles. The maximum atomic E-state index is 6.73. The predicted molar refractivity (Wildman–Crippen MR) is 226 cm³/mol. The summed E-state index contributed by atoms with van der Waals surface area (Å²) in [6, 6.07) is 56.0. The zero-order chi connectivity index (χ0) is 38.4. The van der Waals surface area contributed by atoms with Crippen LogP contribution in [-0.4, -0.2) is 20.7 Å². The first-order chi connectivity index (χ1) is 27.2. The molecule has 6 heteroatoms. The van der Waals surface area contributed by atoms with Crippen molar-refractivity contribution in [1.29, 1.82) is 0 Å². The number of imidazole rings is 1. The normalized spacial score (nSPS) is 14.2. The molecule has 1 aliphatic heterocycles. The molecule has 1 atom stereocenters. The van der Waals surface area contributed by atoms with E-state index < -0.39 is 0 Å². The number of anilines is 2. The van der Waals surface area contributed by atoms with Crippen LogP contribution in [0.2, 0.25) is 0 Å². The van der Waals surface area contributed by atoms with Crippen LogP contribution in [0, 0.1) is 3.80 Å². The van der Waals surface area contributed by atoms with Crippen molar-refractivity contribution < 1.29 is 24.1 Å². The number of pyridine rings is 1. The van der Waals surface area contributed by atoms with E-state index in [1.54, 1.807) is 0 Å². The Kier molecular flexibility index (Phi) is 9.43. The van der Waals surface area contributed by atoms with Gasteiger partial charge in [0.2, 0.25) is 0 Å². The van der Waals surface area contributed by atoms with E-state index in [4.69, 9.17) is 9.72 Å². The van der Waals surface area contributed by atoms with E-state index in [0.717, 1.165) is 62.2 Å². The Labute approximate surface area is 339 Å². The third-order valence-electron chi connectivity index (χ3n) is 10.9. The Morgan fingerprint density at radius 2 is 1.27 bits per heavy atom. The second kappa shape index (κ2) is 14.7. The van der Waals surface area contributed by atoms with Gasteiger partial charge in [-0.3, -0.25) is 0 Å². The van der Waals surface area contributed by atoms with Gasteiger partial charge in [0.05, 0.1) is 0 Å². The fraction of sp³-hybridized carbons (Fsp3) is 0.160. The van der Waals surface area contributed by atoms with E-state index in [0.29, 0.717) is 5.92 Å². The summed E-state index contributed by atoms with van der Waals surface area (Å²) >= 11 is 2.50. The molecule has 0 aliphatic carbocycles. The second-order valence-electron chi connectivity index (χ2n) is 15.6. The fourth-order valence-electron chi connectivity index (χ4n) is 7.98. The predicted octanol–water partition coefficient (Wildman–Crippen LogP) is 13.0. The molecule has 0 saturated carbocycles. The van der Waals surface area contributed by atoms with Crippen molar-refractivity contribution in [3.05, 3.63) is 179 Å². The van der Waals surface area contributed by atoms with Crippen molar-refractivity contribution in [3.63, 3.8) is 0 Å². The van der Waals surface area contributed by atoms with E-state index in [1.165, 1.54) is 33.4 Å². The molecule has 0 fully saturated rings. The summed E-state index contributed by atoms with van der Waals surface area (Å²) in [6.07, 6.45) is 3.02. The number of para-hydroxylation sites is 3. The van der Waals surface area contributed by atoms with Crippen molar-refractivity contribution in [1.82, 2.24) is 14.1 Å². The molecule has 6 aromatic carbocycles. The van der Waals surface area contributed by atoms with E-state index in [-0.39, 0.29) is 5.41 Å². The number of ether oxygens (including phenoxy) is 1. The van der Waals surface area contributed by atoms with Crippen LogP contribution in [-0.2, 0) is 24.8 Å². The third kappa shape index (κ3) is 6.65. The average Bonchev–Trinajstić information content (AvgIpc) is 3.52. The first kappa shape index (κ1) is 35.9. The SMILES string of the molecule is CC1CCN(c2cc(C(C)(C)C)ccn2)c2cc(Oc3cccc(-n4[c](=[Pt])n(-c5c(-c6ccccc6)cccc5-c5ccccc5)c5ccccc54)c3)ccc21. The van der Waals surface area contributed by atoms with Gasteiger partial charge in [0.15, 0.2) is 0 Å². The molecule has 280 valence electrons. The molecule has 1 unspecified atom stereocenters. The van der Waals surface area contributed by atoms with Crippen molar-refractivity contribution in [2.45, 2.75) is 45.4 Å². The summed E-state index contributed by atoms with van der Waals surface area (Å²) in [5, 5.41) is 0. The first-order valence-corrected chi connectivity index (χ1v) is 20.5. The molecule has 2 aromatic heterocycles. The summed E-state index contributed by atoms with van der Waals surface area (Å²) in [5.41, 5.74) is 12.9. The van der Waals surface area contributed by atoms with Crippen LogP contribution in [0.5, 0.6) is 11.5 Å². The molecule has 5 nitrogen and oxygen atoms in total. The minimum absolute atomic E-state index is 0.0389. The van der Waals surface area contributed by atoms with Crippen molar-refractivity contribution in [3.8, 4) is 45.1 Å². The molecule has 0 N–H and O–H groups in total. The molecule has 0 radical (unpaired) electrons. The molecule has 56 heavy (non-hydrogen) atoms. The van der Waals surface area contributed by atoms with Gasteiger partial charge in [-0.2, -0.15) is 0 Å². The van der Waals surface area contributed by atoms with Crippen LogP contribution in [0.3, 0.4) is 0 Å². The number of aromatic nitrogens is 3. The van der Waals surface area contributed by atoms with Crippen LogP contribution in [0.4, 0.5) is 11.5 Å². The Morgan fingerprint density at radius 1 is 0.643 bits per heavy atom. The Balaban J connectivity index is 1.14. The van der Waals surface area contributed by atoms with Crippen LogP contribution in [0.15, 0.2) is 164 Å². The standard InChI is InChI=1S/C50H44N4O.Pt/c1-35-28-30-52(48-31-38(27-29-51-48)50(2,3)4)47-33-41(25-26-42(35)47)55-40-20-13-19-39(32-40)53-34-54(46-24-12-11-23-45(46)53)49-43(36-15-7-5-8-16-36)21-14-22-44(49)37-17-9-6-10-18-37;/h5-27,29,31-33,35H,28,30H2,1-4H3;. The molecule has 9 rings (SSSR count). The topological polar surface area (TPSA) is 35.2 Å². The van der Waals surface area contributed by atoms with Gasteiger partial charge in [0.1, 0.15) is 0 Å². The van der Waals surface area contributed by atoms with Crippen LogP contribution in [0.25, 0.3) is 44.7 Å². The molecular weight excluding hydrogens is 868 g/mol. The Morgan fingerprint density at radius 3 is 1.95 bits per heavy atom. The van der Waals surface area contributed by atoms with E-state index >= 15 is 0 Å². The van der Waals surface area contributed by atoms with Crippen molar-refractivity contribution >= 4 is 22.5 Å². The molecule has 0 saturated heterocycles. The van der Waals surface area contributed by atoms with E-state index in [1.807, 2.05) is 12.3 Å². The number of hydrogen-bond acceptors (Lipinski definition) is 3. The summed E-state index contributed by atoms with van der Waals surface area (Å²) < 4.78 is 12.5. The zero-order valence-electron chi connectivity index (χ0n) is 32.1. The van der Waals surface area contributed by atoms with Gasteiger partial charge in [-0.25, -0.2) is 0 Å². The van der Waals surface area contributed by atoms with Gasteiger partial charge in [-0.1, -0.05) is 20.8 Å². The molecule has 8 aromatic rings. The first-order valence-electron chi connectivity index (χ1n) is 19.3. The van der Waals surface area contributed by atoms with Crippen molar-refractivity contribution in [2.24, 2.45) is 0 Å². The second-order valence-corrected chi connectivity index (χ2v) is 16.7. The number of benzene rings is 6. The number of nitrogens with zero attached hydrogens (tertiary/aromatic N) is 4. The number of hydrogen-bond donors (Lipinski definition) is 0. The monoisotopic (exact) mass is 911 g/mol. The summed E-state index contributed by atoms with van der Waals surface area (Å²) in [6.45, 7) is 9.98. The fourth-order valence-corrected chi connectivity index (χ4v) is 9.08. The molecule has 0 bridgehead atoms. The molecule has 0 amide bonds.